The van der Waals surface area contributed by atoms with Gasteiger partial charge in [0.15, 0.2) is 0 Å². The van der Waals surface area contributed by atoms with Crippen molar-refractivity contribution in [2.24, 2.45) is 0 Å². The molecule has 0 fully saturated rings. The standard InChI is InChI=1S/C36H64O2/c1-3-5-7-9-11-13-15-17-19-21-23-25-27-29-31-33-35-38-36(37)34-32-30-28-26-24-22-20-18-16-14-12-10-8-6-4-2/h10,12,14,16-20H,3-9,11,13,15,21-35H2,1-2H3/b12-10?,16-14?,19-17+,20-18?. The summed E-state index contributed by atoms with van der Waals surface area (Å²) in [6.45, 7) is 5.11. The predicted molar refractivity (Wildman–Crippen MR) is 170 cm³/mol. The van der Waals surface area contributed by atoms with E-state index in [1.165, 1.54) is 122 Å². The fourth-order valence-corrected chi connectivity index (χ4v) is 4.47. The second kappa shape index (κ2) is 33.5. The number of ether oxygens (including phenoxy) is 1. The molecular formula is C36H64O2. The number of esters is 1. The Bertz CT molecular complexity index is 584. The van der Waals surface area contributed by atoms with Gasteiger partial charge >= 0.3 is 5.97 Å². The third-order valence-corrected chi connectivity index (χ3v) is 7.00. The number of carbonyl (C=O) groups excluding carboxylic acids is 1. The maximum Gasteiger partial charge on any atom is 0.305 e. The summed E-state index contributed by atoms with van der Waals surface area (Å²) in [7, 11) is 0. The molecule has 0 aliphatic carbocycles. The molecule has 0 saturated heterocycles. The van der Waals surface area contributed by atoms with E-state index in [4.69, 9.17) is 4.74 Å². The Morgan fingerprint density at radius 1 is 0.447 bits per heavy atom. The Morgan fingerprint density at radius 3 is 1.42 bits per heavy atom. The largest absolute Gasteiger partial charge is 0.466 e. The minimum atomic E-state index is -0.00351. The quantitative estimate of drug-likeness (QED) is 0.0417. The first-order chi connectivity index (χ1) is 18.8. The van der Waals surface area contributed by atoms with Gasteiger partial charge in [0, 0.05) is 6.42 Å². The Hall–Kier alpha value is -1.57. The molecule has 0 bridgehead atoms. The van der Waals surface area contributed by atoms with Gasteiger partial charge in [0.05, 0.1) is 6.61 Å². The van der Waals surface area contributed by atoms with E-state index in [0.29, 0.717) is 13.0 Å². The lowest BCUT2D eigenvalue weighted by Gasteiger charge is -2.05. The van der Waals surface area contributed by atoms with E-state index in [2.05, 4.69) is 62.5 Å². The monoisotopic (exact) mass is 528 g/mol. The van der Waals surface area contributed by atoms with Crippen LogP contribution >= 0.6 is 0 Å². The molecule has 0 spiro atoms. The summed E-state index contributed by atoms with van der Waals surface area (Å²) >= 11 is 0. The van der Waals surface area contributed by atoms with Gasteiger partial charge in [-0.3, -0.25) is 4.79 Å². The number of carbonyl (C=O) groups is 1. The number of rotatable bonds is 29. The fraction of sp³-hybridized carbons (Fsp3) is 0.750. The summed E-state index contributed by atoms with van der Waals surface area (Å²) in [5, 5.41) is 0. The summed E-state index contributed by atoms with van der Waals surface area (Å²) in [6.07, 6.45) is 47.3. The highest BCUT2D eigenvalue weighted by Crippen LogP contribution is 2.11. The molecule has 0 heterocycles. The molecule has 38 heavy (non-hydrogen) atoms. The van der Waals surface area contributed by atoms with Crippen LogP contribution in [0.25, 0.3) is 0 Å². The lowest BCUT2D eigenvalue weighted by atomic mass is 10.1. The van der Waals surface area contributed by atoms with Crippen molar-refractivity contribution >= 4 is 5.97 Å². The highest BCUT2D eigenvalue weighted by molar-refractivity contribution is 5.69. The Labute approximate surface area is 238 Å². The summed E-state index contributed by atoms with van der Waals surface area (Å²) in [5.41, 5.74) is 0. The van der Waals surface area contributed by atoms with Gasteiger partial charge in [-0.25, -0.2) is 0 Å². The molecule has 0 N–H and O–H groups in total. The van der Waals surface area contributed by atoms with E-state index < -0.39 is 0 Å². The third-order valence-electron chi connectivity index (χ3n) is 7.00. The fourth-order valence-electron chi connectivity index (χ4n) is 4.47. The number of unbranched alkanes of at least 4 members (excludes halogenated alkanes) is 19. The smallest absolute Gasteiger partial charge is 0.305 e. The van der Waals surface area contributed by atoms with Crippen LogP contribution in [0.2, 0.25) is 0 Å². The average Bonchev–Trinajstić information content (AvgIpc) is 2.92. The van der Waals surface area contributed by atoms with E-state index in [1.54, 1.807) is 0 Å². The van der Waals surface area contributed by atoms with Crippen molar-refractivity contribution in [3.63, 3.8) is 0 Å². The molecule has 0 amide bonds. The molecule has 0 aromatic rings. The first-order valence-corrected chi connectivity index (χ1v) is 16.6. The molecule has 0 aromatic heterocycles. The van der Waals surface area contributed by atoms with Gasteiger partial charge in [-0.2, -0.15) is 0 Å². The zero-order chi connectivity index (χ0) is 27.6. The van der Waals surface area contributed by atoms with Crippen LogP contribution in [0.1, 0.15) is 168 Å². The predicted octanol–water partition coefficient (Wildman–Crippen LogP) is 12.2. The van der Waals surface area contributed by atoms with Crippen molar-refractivity contribution in [1.82, 2.24) is 0 Å². The number of hydrogen-bond donors (Lipinski definition) is 0. The van der Waals surface area contributed by atoms with Crippen molar-refractivity contribution in [2.45, 2.75) is 168 Å². The topological polar surface area (TPSA) is 26.3 Å². The van der Waals surface area contributed by atoms with E-state index in [9.17, 15) is 4.79 Å². The Morgan fingerprint density at radius 2 is 0.868 bits per heavy atom. The van der Waals surface area contributed by atoms with E-state index in [0.717, 1.165) is 25.7 Å². The van der Waals surface area contributed by atoms with Crippen molar-refractivity contribution in [1.29, 1.82) is 0 Å². The van der Waals surface area contributed by atoms with E-state index in [-0.39, 0.29) is 5.97 Å². The van der Waals surface area contributed by atoms with Crippen molar-refractivity contribution in [3.8, 4) is 0 Å². The normalized spacial score (nSPS) is 12.2. The molecule has 2 heteroatoms. The van der Waals surface area contributed by atoms with Crippen LogP contribution < -0.4 is 0 Å². The molecule has 0 unspecified atom stereocenters. The molecule has 0 radical (unpaired) electrons. The first-order valence-electron chi connectivity index (χ1n) is 16.6. The van der Waals surface area contributed by atoms with Crippen molar-refractivity contribution < 1.29 is 9.53 Å². The second-order valence-electron chi connectivity index (χ2n) is 10.8. The molecule has 220 valence electrons. The van der Waals surface area contributed by atoms with Crippen molar-refractivity contribution in [2.75, 3.05) is 6.61 Å². The molecule has 0 aliphatic heterocycles. The van der Waals surface area contributed by atoms with Crippen LogP contribution in [-0.2, 0) is 9.53 Å². The van der Waals surface area contributed by atoms with Crippen LogP contribution in [0.5, 0.6) is 0 Å². The van der Waals surface area contributed by atoms with Crippen LogP contribution in [0.15, 0.2) is 48.6 Å². The van der Waals surface area contributed by atoms with Gasteiger partial charge in [-0.05, 0) is 57.8 Å². The number of hydrogen-bond acceptors (Lipinski definition) is 2. The maximum atomic E-state index is 11.9. The lowest BCUT2D eigenvalue weighted by Crippen LogP contribution is -2.05. The van der Waals surface area contributed by atoms with Crippen LogP contribution in [0.3, 0.4) is 0 Å². The second-order valence-corrected chi connectivity index (χ2v) is 10.8. The molecule has 0 rings (SSSR count). The summed E-state index contributed by atoms with van der Waals surface area (Å²) < 4.78 is 5.41. The molecule has 0 saturated carbocycles. The Balaban J connectivity index is 3.29. The van der Waals surface area contributed by atoms with Gasteiger partial charge in [0.25, 0.3) is 0 Å². The van der Waals surface area contributed by atoms with Crippen LogP contribution in [0.4, 0.5) is 0 Å². The van der Waals surface area contributed by atoms with Crippen LogP contribution in [-0.4, -0.2) is 12.6 Å². The first kappa shape index (κ1) is 36.4. The lowest BCUT2D eigenvalue weighted by molar-refractivity contribution is -0.143. The zero-order valence-corrected chi connectivity index (χ0v) is 25.6. The maximum absolute atomic E-state index is 11.9. The average molecular weight is 529 g/mol. The highest BCUT2D eigenvalue weighted by Gasteiger charge is 2.02. The van der Waals surface area contributed by atoms with Crippen molar-refractivity contribution in [3.05, 3.63) is 48.6 Å². The summed E-state index contributed by atoms with van der Waals surface area (Å²) in [6, 6.07) is 0. The number of allylic oxidation sites excluding steroid dienone is 8. The van der Waals surface area contributed by atoms with E-state index >= 15 is 0 Å². The molecular weight excluding hydrogens is 464 g/mol. The van der Waals surface area contributed by atoms with Crippen LogP contribution in [0, 0.1) is 0 Å². The minimum absolute atomic E-state index is 0.00351. The molecule has 0 aromatic carbocycles. The van der Waals surface area contributed by atoms with Gasteiger partial charge in [-0.15, -0.1) is 0 Å². The Kier molecular flexibility index (Phi) is 32.1. The highest BCUT2D eigenvalue weighted by atomic mass is 16.5. The SMILES string of the molecule is CCCCC=CC=CC=CCCCCCCCC(=O)OCCCCCCCC/C=C/CCCCCCCC. The molecule has 0 aliphatic rings. The van der Waals surface area contributed by atoms with Gasteiger partial charge in [0.1, 0.15) is 0 Å². The minimum Gasteiger partial charge on any atom is -0.466 e. The summed E-state index contributed by atoms with van der Waals surface area (Å²) in [5.74, 6) is -0.00351. The summed E-state index contributed by atoms with van der Waals surface area (Å²) in [4.78, 5) is 11.9. The van der Waals surface area contributed by atoms with Gasteiger partial charge < -0.3 is 4.74 Å². The zero-order valence-electron chi connectivity index (χ0n) is 25.6. The molecule has 0 atom stereocenters. The van der Waals surface area contributed by atoms with E-state index in [1.807, 2.05) is 0 Å². The third kappa shape index (κ3) is 32.5. The van der Waals surface area contributed by atoms with Gasteiger partial charge in [0.2, 0.25) is 0 Å². The molecule has 2 nitrogen and oxygen atoms in total. The van der Waals surface area contributed by atoms with Gasteiger partial charge in [-0.1, -0.05) is 152 Å².